The Morgan fingerprint density at radius 1 is 1.32 bits per heavy atom. The average molecular weight is 278 g/mol. The number of carbonyl (C=O) groups excluding carboxylic acids is 1. The largest absolute Gasteiger partial charge is 0.356 e. The maximum Gasteiger partial charge on any atom is 0.226 e. The van der Waals surface area contributed by atoms with Gasteiger partial charge in [-0.25, -0.2) is 0 Å². The second-order valence-corrected chi connectivity index (χ2v) is 4.69. The molecule has 0 saturated carbocycles. The molecule has 4 nitrogen and oxygen atoms in total. The third-order valence-corrected chi connectivity index (χ3v) is 3.08. The van der Waals surface area contributed by atoms with Crippen LogP contribution >= 0.6 is 11.6 Å². The van der Waals surface area contributed by atoms with Crippen molar-refractivity contribution in [3.05, 3.63) is 41.0 Å². The lowest BCUT2D eigenvalue weighted by molar-refractivity contribution is -0.120. The van der Waals surface area contributed by atoms with Gasteiger partial charge in [-0.15, -0.1) is 0 Å². The zero-order valence-electron chi connectivity index (χ0n) is 10.5. The number of nitrogens with two attached hydrogens (primary N) is 1. The Bertz CT molecular complexity index is 586. The lowest BCUT2D eigenvalue weighted by Gasteiger charge is -2.05. The number of para-hydroxylation sites is 1. The van der Waals surface area contributed by atoms with E-state index in [0.29, 0.717) is 23.8 Å². The van der Waals surface area contributed by atoms with Crippen molar-refractivity contribution in [1.29, 1.82) is 0 Å². The van der Waals surface area contributed by atoms with E-state index in [2.05, 4.69) is 10.3 Å². The summed E-state index contributed by atoms with van der Waals surface area (Å²) in [6.45, 7) is 1.17. The molecule has 1 aromatic carbocycles. The molecule has 0 fully saturated rings. The van der Waals surface area contributed by atoms with Crippen LogP contribution < -0.4 is 11.1 Å². The van der Waals surface area contributed by atoms with Gasteiger partial charge < -0.3 is 11.1 Å². The summed E-state index contributed by atoms with van der Waals surface area (Å²) < 4.78 is 0. The summed E-state index contributed by atoms with van der Waals surface area (Å²) in [6.07, 6.45) is 1.04. The molecule has 2 rings (SSSR count). The van der Waals surface area contributed by atoms with Gasteiger partial charge in [0.05, 0.1) is 22.7 Å². The van der Waals surface area contributed by atoms with Crippen LogP contribution in [-0.4, -0.2) is 24.0 Å². The van der Waals surface area contributed by atoms with Gasteiger partial charge in [0, 0.05) is 11.9 Å². The fraction of sp³-hybridized carbons (Fsp3) is 0.286. The predicted octanol–water partition coefficient (Wildman–Crippen LogP) is 1.90. The molecule has 0 saturated heterocycles. The quantitative estimate of drug-likeness (QED) is 0.820. The molecule has 19 heavy (non-hydrogen) atoms. The number of benzene rings is 1. The Morgan fingerprint density at radius 2 is 2.16 bits per heavy atom. The maximum atomic E-state index is 11.7. The van der Waals surface area contributed by atoms with Crippen molar-refractivity contribution in [2.45, 2.75) is 12.8 Å². The second kappa shape index (κ2) is 6.50. The Balaban J connectivity index is 2.09. The normalized spacial score (nSPS) is 10.6. The summed E-state index contributed by atoms with van der Waals surface area (Å²) in [4.78, 5) is 16.1. The molecule has 1 heterocycles. The number of rotatable bonds is 5. The van der Waals surface area contributed by atoms with Crippen molar-refractivity contribution in [1.82, 2.24) is 10.3 Å². The molecule has 0 atom stereocenters. The summed E-state index contributed by atoms with van der Waals surface area (Å²) in [6, 6.07) is 9.39. The lowest BCUT2D eigenvalue weighted by Crippen LogP contribution is -2.27. The number of carbonyl (C=O) groups is 1. The van der Waals surface area contributed by atoms with E-state index >= 15 is 0 Å². The van der Waals surface area contributed by atoms with Crippen LogP contribution in [-0.2, 0) is 11.2 Å². The third-order valence-electron chi connectivity index (χ3n) is 2.77. The molecule has 100 valence electrons. The van der Waals surface area contributed by atoms with Crippen LogP contribution in [0.15, 0.2) is 30.3 Å². The minimum absolute atomic E-state index is 0.0487. The van der Waals surface area contributed by atoms with Crippen LogP contribution in [0.3, 0.4) is 0 Å². The molecule has 1 amide bonds. The summed E-state index contributed by atoms with van der Waals surface area (Å²) in [7, 11) is 0. The molecule has 0 aliphatic rings. The van der Waals surface area contributed by atoms with Crippen LogP contribution in [0, 0.1) is 0 Å². The minimum atomic E-state index is -0.0487. The number of amides is 1. The first-order valence-corrected chi connectivity index (χ1v) is 6.59. The standard InChI is InChI=1S/C14H16ClN3O/c15-12-4-1-3-10-5-6-11(18-14(10)12)9-13(19)17-8-2-7-16/h1,3-6H,2,7-9,16H2,(H,17,19). The molecule has 0 spiro atoms. The lowest BCUT2D eigenvalue weighted by atomic mass is 10.2. The number of nitrogens with zero attached hydrogens (tertiary/aromatic N) is 1. The van der Waals surface area contributed by atoms with E-state index in [1.54, 1.807) is 6.07 Å². The topological polar surface area (TPSA) is 68.0 Å². The molecule has 0 unspecified atom stereocenters. The van der Waals surface area contributed by atoms with Crippen molar-refractivity contribution in [3.8, 4) is 0 Å². The van der Waals surface area contributed by atoms with Crippen LogP contribution in [0.25, 0.3) is 10.9 Å². The maximum absolute atomic E-state index is 11.7. The second-order valence-electron chi connectivity index (χ2n) is 4.28. The molecule has 5 heteroatoms. The summed E-state index contributed by atoms with van der Waals surface area (Å²) in [5, 5.41) is 4.37. The van der Waals surface area contributed by atoms with Gasteiger partial charge in [0.15, 0.2) is 0 Å². The van der Waals surface area contributed by atoms with E-state index in [1.807, 2.05) is 24.3 Å². The van der Waals surface area contributed by atoms with Crippen LogP contribution in [0.4, 0.5) is 0 Å². The Labute approximate surface area is 117 Å². The first kappa shape index (κ1) is 13.8. The van der Waals surface area contributed by atoms with E-state index in [0.717, 1.165) is 17.3 Å². The van der Waals surface area contributed by atoms with E-state index < -0.39 is 0 Å². The minimum Gasteiger partial charge on any atom is -0.356 e. The van der Waals surface area contributed by atoms with E-state index in [-0.39, 0.29) is 12.3 Å². The molecule has 2 aromatic rings. The Kier molecular flexibility index (Phi) is 4.71. The first-order valence-electron chi connectivity index (χ1n) is 6.21. The number of hydrogen-bond donors (Lipinski definition) is 2. The molecule has 0 bridgehead atoms. The first-order chi connectivity index (χ1) is 9.20. The highest BCUT2D eigenvalue weighted by Gasteiger charge is 2.06. The monoisotopic (exact) mass is 277 g/mol. The van der Waals surface area contributed by atoms with Crippen molar-refractivity contribution in [2.75, 3.05) is 13.1 Å². The van der Waals surface area contributed by atoms with Crippen molar-refractivity contribution >= 4 is 28.4 Å². The zero-order chi connectivity index (χ0) is 13.7. The summed E-state index contributed by atoms with van der Waals surface area (Å²) in [5.41, 5.74) is 6.81. The van der Waals surface area contributed by atoms with E-state index in [4.69, 9.17) is 17.3 Å². The summed E-state index contributed by atoms with van der Waals surface area (Å²) in [5.74, 6) is -0.0487. The highest BCUT2D eigenvalue weighted by Crippen LogP contribution is 2.21. The number of halogens is 1. The predicted molar refractivity (Wildman–Crippen MR) is 77.1 cm³/mol. The van der Waals surface area contributed by atoms with Crippen molar-refractivity contribution in [3.63, 3.8) is 0 Å². The van der Waals surface area contributed by atoms with E-state index in [1.165, 1.54) is 0 Å². The highest BCUT2D eigenvalue weighted by molar-refractivity contribution is 6.35. The average Bonchev–Trinajstić information content (AvgIpc) is 2.40. The molecule has 1 aromatic heterocycles. The van der Waals surface area contributed by atoms with Gasteiger partial charge in [-0.3, -0.25) is 9.78 Å². The molecular formula is C14H16ClN3O. The smallest absolute Gasteiger partial charge is 0.226 e. The molecule has 0 aliphatic heterocycles. The fourth-order valence-corrected chi connectivity index (χ4v) is 2.03. The number of nitrogens with one attached hydrogen (secondary N) is 1. The van der Waals surface area contributed by atoms with Gasteiger partial charge in [-0.2, -0.15) is 0 Å². The van der Waals surface area contributed by atoms with Gasteiger partial charge in [0.2, 0.25) is 5.91 Å². The Hall–Kier alpha value is -1.65. The number of hydrogen-bond acceptors (Lipinski definition) is 3. The van der Waals surface area contributed by atoms with Crippen molar-refractivity contribution in [2.24, 2.45) is 5.73 Å². The van der Waals surface area contributed by atoms with Gasteiger partial charge in [0.1, 0.15) is 0 Å². The van der Waals surface area contributed by atoms with Crippen molar-refractivity contribution < 1.29 is 4.79 Å². The van der Waals surface area contributed by atoms with E-state index in [9.17, 15) is 4.79 Å². The van der Waals surface area contributed by atoms with Gasteiger partial charge in [-0.05, 0) is 25.1 Å². The fourth-order valence-electron chi connectivity index (χ4n) is 1.81. The van der Waals surface area contributed by atoms with Crippen LogP contribution in [0.2, 0.25) is 5.02 Å². The molecule has 3 N–H and O–H groups in total. The molecule has 0 aliphatic carbocycles. The highest BCUT2D eigenvalue weighted by atomic mass is 35.5. The third kappa shape index (κ3) is 3.66. The number of fused-ring (bicyclic) bond motifs is 1. The number of pyridine rings is 1. The zero-order valence-corrected chi connectivity index (χ0v) is 11.3. The number of aromatic nitrogens is 1. The van der Waals surface area contributed by atoms with Gasteiger partial charge in [0.25, 0.3) is 0 Å². The molecular weight excluding hydrogens is 262 g/mol. The van der Waals surface area contributed by atoms with Crippen LogP contribution in [0.5, 0.6) is 0 Å². The van der Waals surface area contributed by atoms with Crippen LogP contribution in [0.1, 0.15) is 12.1 Å². The Morgan fingerprint density at radius 3 is 2.95 bits per heavy atom. The molecule has 0 radical (unpaired) electrons. The summed E-state index contributed by atoms with van der Waals surface area (Å²) >= 11 is 6.09. The van der Waals surface area contributed by atoms with Gasteiger partial charge in [-0.1, -0.05) is 29.8 Å². The SMILES string of the molecule is NCCCNC(=O)Cc1ccc2cccc(Cl)c2n1. The van der Waals surface area contributed by atoms with Gasteiger partial charge >= 0.3 is 0 Å².